The number of methoxy groups -OCH3 is 2. The number of ether oxygens (including phenoxy) is 2. The summed E-state index contributed by atoms with van der Waals surface area (Å²) in [4.78, 5) is 2.10. The summed E-state index contributed by atoms with van der Waals surface area (Å²) in [5, 5.41) is 12.4. The largest absolute Gasteiger partial charge is 0.508 e. The first-order valence-corrected chi connectivity index (χ1v) is 10.5. The minimum Gasteiger partial charge on any atom is -0.508 e. The summed E-state index contributed by atoms with van der Waals surface area (Å²) in [6.07, 6.45) is 0.612. The van der Waals surface area contributed by atoms with E-state index >= 15 is 0 Å². The molecule has 142 valence electrons. The molecule has 7 heteroatoms. The molecule has 0 aliphatic carbocycles. The molecule has 0 bridgehead atoms. The van der Waals surface area contributed by atoms with Crippen LogP contribution in [0.15, 0.2) is 30.3 Å². The van der Waals surface area contributed by atoms with Crippen LogP contribution in [0.2, 0.25) is 0 Å². The quantitative estimate of drug-likeness (QED) is 0.795. The maximum absolute atomic E-state index is 11.9. The lowest BCUT2D eigenvalue weighted by atomic mass is 10.0. The fourth-order valence-corrected chi connectivity index (χ4v) is 5.27. The summed E-state index contributed by atoms with van der Waals surface area (Å²) >= 11 is 0. The number of benzene rings is 2. The number of nitrogens with zero attached hydrogens (tertiary/aromatic N) is 1. The van der Waals surface area contributed by atoms with Gasteiger partial charge in [-0.05, 0) is 35.4 Å². The van der Waals surface area contributed by atoms with E-state index in [1.165, 1.54) is 0 Å². The van der Waals surface area contributed by atoms with Crippen LogP contribution in [0.1, 0.15) is 12.0 Å². The van der Waals surface area contributed by atoms with Crippen LogP contribution in [-0.4, -0.2) is 63.3 Å². The number of aromatic hydroxyl groups is 1. The molecule has 1 saturated heterocycles. The molecule has 0 unspecified atom stereocenters. The molecule has 1 atom stereocenters. The molecule has 26 heavy (non-hydrogen) atoms. The van der Waals surface area contributed by atoms with E-state index in [2.05, 4.69) is 4.90 Å². The summed E-state index contributed by atoms with van der Waals surface area (Å²) in [5.41, 5.74) is 0.779. The van der Waals surface area contributed by atoms with Crippen LogP contribution >= 0.6 is 0 Å². The van der Waals surface area contributed by atoms with Gasteiger partial charge in [0.1, 0.15) is 11.5 Å². The fourth-order valence-electron chi connectivity index (χ4n) is 3.51. The van der Waals surface area contributed by atoms with Gasteiger partial charge in [0.05, 0.1) is 25.2 Å². The van der Waals surface area contributed by atoms with Gasteiger partial charge in [0, 0.05) is 31.8 Å². The van der Waals surface area contributed by atoms with Gasteiger partial charge in [0.15, 0.2) is 9.84 Å². The topological polar surface area (TPSA) is 76.1 Å². The molecule has 2 aromatic rings. The molecule has 6 nitrogen and oxygen atoms in total. The van der Waals surface area contributed by atoms with Crippen molar-refractivity contribution < 1.29 is 23.0 Å². The molecule has 1 fully saturated rings. The van der Waals surface area contributed by atoms with Gasteiger partial charge in [0.2, 0.25) is 0 Å². The zero-order chi connectivity index (χ0) is 18.7. The molecule has 0 aromatic heterocycles. The Morgan fingerprint density at radius 2 is 2.00 bits per heavy atom. The highest BCUT2D eigenvalue weighted by Gasteiger charge is 2.32. The predicted molar refractivity (Wildman–Crippen MR) is 102 cm³/mol. The first kappa shape index (κ1) is 18.9. The SMILES string of the molecule is COCCN(Cc1c(O)ccc2ccc(OC)cc12)[C@@H]1CCS(=O)(=O)C1. The van der Waals surface area contributed by atoms with Crippen molar-refractivity contribution in [1.82, 2.24) is 4.90 Å². The molecule has 1 aliphatic heterocycles. The fraction of sp³-hybridized carbons (Fsp3) is 0.474. The van der Waals surface area contributed by atoms with Gasteiger partial charge in [-0.2, -0.15) is 0 Å². The third-order valence-corrected chi connectivity index (χ3v) is 6.73. The lowest BCUT2D eigenvalue weighted by molar-refractivity contribution is 0.121. The van der Waals surface area contributed by atoms with Crippen molar-refractivity contribution in [2.24, 2.45) is 0 Å². The van der Waals surface area contributed by atoms with E-state index in [9.17, 15) is 13.5 Å². The van der Waals surface area contributed by atoms with Crippen LogP contribution in [-0.2, 0) is 21.1 Å². The zero-order valence-corrected chi connectivity index (χ0v) is 16.0. The summed E-state index contributed by atoms with van der Waals surface area (Å²) in [5.74, 6) is 1.30. The second kappa shape index (κ2) is 7.82. The smallest absolute Gasteiger partial charge is 0.151 e. The number of rotatable bonds is 7. The highest BCUT2D eigenvalue weighted by Crippen LogP contribution is 2.32. The maximum Gasteiger partial charge on any atom is 0.151 e. The Morgan fingerprint density at radius 3 is 2.65 bits per heavy atom. The van der Waals surface area contributed by atoms with Crippen LogP contribution in [0.3, 0.4) is 0 Å². The number of phenols is 1. The Labute approximate surface area is 154 Å². The summed E-state index contributed by atoms with van der Waals surface area (Å²) < 4.78 is 34.3. The number of hydrogen-bond donors (Lipinski definition) is 1. The van der Waals surface area contributed by atoms with E-state index in [0.717, 1.165) is 22.1 Å². The Bertz CT molecular complexity index is 881. The van der Waals surface area contributed by atoms with Gasteiger partial charge < -0.3 is 14.6 Å². The van der Waals surface area contributed by atoms with Crippen molar-refractivity contribution in [2.45, 2.75) is 19.0 Å². The molecule has 0 spiro atoms. The summed E-state index contributed by atoms with van der Waals surface area (Å²) in [6, 6.07) is 9.24. The lowest BCUT2D eigenvalue weighted by Crippen LogP contribution is -2.38. The third kappa shape index (κ3) is 4.11. The van der Waals surface area contributed by atoms with Crippen molar-refractivity contribution in [3.8, 4) is 11.5 Å². The molecular formula is C19H25NO5S. The predicted octanol–water partition coefficient (Wildman–Crippen LogP) is 2.19. The summed E-state index contributed by atoms with van der Waals surface area (Å²) in [6.45, 7) is 1.57. The first-order valence-electron chi connectivity index (χ1n) is 8.65. The number of fused-ring (bicyclic) bond motifs is 1. The first-order chi connectivity index (χ1) is 12.4. The van der Waals surface area contributed by atoms with Crippen LogP contribution in [0.4, 0.5) is 0 Å². The van der Waals surface area contributed by atoms with Gasteiger partial charge in [0.25, 0.3) is 0 Å². The van der Waals surface area contributed by atoms with Crippen molar-refractivity contribution in [3.63, 3.8) is 0 Å². The van der Waals surface area contributed by atoms with Crippen molar-refractivity contribution in [3.05, 3.63) is 35.9 Å². The van der Waals surface area contributed by atoms with Gasteiger partial charge in [-0.15, -0.1) is 0 Å². The van der Waals surface area contributed by atoms with E-state index < -0.39 is 9.84 Å². The van der Waals surface area contributed by atoms with E-state index in [1.54, 1.807) is 20.3 Å². The van der Waals surface area contributed by atoms with Crippen LogP contribution in [0.5, 0.6) is 11.5 Å². The van der Waals surface area contributed by atoms with Crippen LogP contribution in [0.25, 0.3) is 10.8 Å². The lowest BCUT2D eigenvalue weighted by Gasteiger charge is -2.28. The zero-order valence-electron chi connectivity index (χ0n) is 15.1. The van der Waals surface area contributed by atoms with Crippen molar-refractivity contribution in [2.75, 3.05) is 38.9 Å². The van der Waals surface area contributed by atoms with Gasteiger partial charge >= 0.3 is 0 Å². The van der Waals surface area contributed by atoms with E-state index in [-0.39, 0.29) is 23.3 Å². The van der Waals surface area contributed by atoms with Gasteiger partial charge in [-0.1, -0.05) is 12.1 Å². The van der Waals surface area contributed by atoms with Gasteiger partial charge in [-0.25, -0.2) is 8.42 Å². The Morgan fingerprint density at radius 1 is 1.23 bits per heavy atom. The highest BCUT2D eigenvalue weighted by molar-refractivity contribution is 7.91. The molecular weight excluding hydrogens is 354 g/mol. The van der Waals surface area contributed by atoms with Crippen LogP contribution in [0, 0.1) is 0 Å². The molecule has 0 saturated carbocycles. The second-order valence-electron chi connectivity index (χ2n) is 6.67. The maximum atomic E-state index is 11.9. The monoisotopic (exact) mass is 379 g/mol. The average Bonchev–Trinajstić information content (AvgIpc) is 2.99. The average molecular weight is 379 g/mol. The molecule has 3 rings (SSSR count). The Hall–Kier alpha value is -1.83. The van der Waals surface area contributed by atoms with Crippen molar-refractivity contribution >= 4 is 20.6 Å². The summed E-state index contributed by atoms with van der Waals surface area (Å²) in [7, 11) is 0.252. The molecule has 0 radical (unpaired) electrons. The van der Waals surface area contributed by atoms with Gasteiger partial charge in [-0.3, -0.25) is 4.90 Å². The molecule has 1 heterocycles. The molecule has 1 N–H and O–H groups in total. The van der Waals surface area contributed by atoms with E-state index in [1.807, 2.05) is 24.3 Å². The molecule has 0 amide bonds. The molecule has 1 aliphatic rings. The number of hydrogen-bond acceptors (Lipinski definition) is 6. The molecule has 2 aromatic carbocycles. The standard InChI is InChI=1S/C19H25NO5S/c1-24-9-8-20(15-7-10-26(22,23)13-15)12-18-17-11-16(25-2)5-3-14(17)4-6-19(18)21/h3-6,11,15,21H,7-10,12-13H2,1-2H3/t15-/m1/s1. The minimum absolute atomic E-state index is 0.0598. The second-order valence-corrected chi connectivity index (χ2v) is 8.90. The highest BCUT2D eigenvalue weighted by atomic mass is 32.2. The number of sulfone groups is 1. The van der Waals surface area contributed by atoms with Crippen LogP contribution < -0.4 is 4.74 Å². The van der Waals surface area contributed by atoms with E-state index in [4.69, 9.17) is 9.47 Å². The van der Waals surface area contributed by atoms with Crippen molar-refractivity contribution in [1.29, 1.82) is 0 Å². The third-order valence-electron chi connectivity index (χ3n) is 4.98. The normalized spacial score (nSPS) is 19.3. The Kier molecular flexibility index (Phi) is 5.70. The number of phenolic OH excluding ortho intramolecular Hbond substituents is 1. The Balaban J connectivity index is 1.96. The minimum atomic E-state index is -2.99. The van der Waals surface area contributed by atoms with E-state index in [0.29, 0.717) is 26.1 Å².